The molecule has 6 nitrogen and oxygen atoms in total. The fourth-order valence-corrected chi connectivity index (χ4v) is 4.74. The van der Waals surface area contributed by atoms with E-state index in [-0.39, 0.29) is 25.2 Å². The highest BCUT2D eigenvalue weighted by Gasteiger charge is 2.17. The van der Waals surface area contributed by atoms with E-state index >= 15 is 0 Å². The Balaban J connectivity index is 3.80. The monoisotopic (exact) mass is 562 g/mol. The standard InChI is InChI=1S/C29H55O6PS/c1-2-3-4-5-6-7-8-9-10-14-17-20-23-29(31)35-27(26-34-36-32)25-33-28(30)22-19-16-13-11-12-15-18-21-24-37/h27,37H,2-26H2,1H3/t27-/m1/s1. The Hall–Kier alpha value is -0.650. The van der Waals surface area contributed by atoms with Crippen molar-refractivity contribution in [1.82, 2.24) is 0 Å². The van der Waals surface area contributed by atoms with Gasteiger partial charge in [-0.1, -0.05) is 116 Å². The van der Waals surface area contributed by atoms with Crippen LogP contribution in [0.3, 0.4) is 0 Å². The lowest BCUT2D eigenvalue weighted by Crippen LogP contribution is -2.28. The average molecular weight is 563 g/mol. The fraction of sp³-hybridized carbons (Fsp3) is 0.931. The van der Waals surface area contributed by atoms with Gasteiger partial charge in [-0.25, -0.2) is 4.57 Å². The second-order valence-corrected chi connectivity index (χ2v) is 11.0. The maximum atomic E-state index is 12.2. The van der Waals surface area contributed by atoms with Gasteiger partial charge in [0.1, 0.15) is 13.2 Å². The summed E-state index contributed by atoms with van der Waals surface area (Å²) in [6, 6.07) is 0. The molecule has 0 aromatic rings. The molecule has 0 saturated heterocycles. The number of hydrogen-bond acceptors (Lipinski definition) is 7. The van der Waals surface area contributed by atoms with Crippen molar-refractivity contribution in [1.29, 1.82) is 0 Å². The van der Waals surface area contributed by atoms with Gasteiger partial charge in [-0.2, -0.15) is 12.6 Å². The summed E-state index contributed by atoms with van der Waals surface area (Å²) in [4.78, 5) is 24.2. The number of hydrogen-bond donors (Lipinski definition) is 1. The summed E-state index contributed by atoms with van der Waals surface area (Å²) in [6.07, 6.45) is 23.9. The molecule has 218 valence electrons. The van der Waals surface area contributed by atoms with E-state index in [1.165, 1.54) is 89.9 Å². The Morgan fingerprint density at radius 2 is 1.05 bits per heavy atom. The minimum atomic E-state index is -0.729. The van der Waals surface area contributed by atoms with Crippen molar-refractivity contribution in [2.24, 2.45) is 0 Å². The van der Waals surface area contributed by atoms with E-state index < -0.39 is 14.8 Å². The zero-order valence-corrected chi connectivity index (χ0v) is 25.4. The Morgan fingerprint density at radius 3 is 1.51 bits per heavy atom. The second kappa shape index (κ2) is 29.9. The van der Waals surface area contributed by atoms with Crippen molar-refractivity contribution in [2.45, 2.75) is 154 Å². The predicted molar refractivity (Wildman–Crippen MR) is 155 cm³/mol. The third-order valence-corrected chi connectivity index (χ3v) is 7.14. The molecule has 0 heterocycles. The zero-order chi connectivity index (χ0) is 27.2. The summed E-state index contributed by atoms with van der Waals surface area (Å²) in [5, 5.41) is 0. The van der Waals surface area contributed by atoms with Crippen molar-refractivity contribution in [3.8, 4) is 0 Å². The lowest BCUT2D eigenvalue weighted by atomic mass is 10.0. The summed E-state index contributed by atoms with van der Waals surface area (Å²) in [5.74, 6) is 0.341. The second-order valence-electron chi connectivity index (χ2n) is 10.1. The number of carbonyl (C=O) groups is 2. The van der Waals surface area contributed by atoms with E-state index in [9.17, 15) is 14.2 Å². The van der Waals surface area contributed by atoms with Crippen molar-refractivity contribution in [3.05, 3.63) is 0 Å². The van der Waals surface area contributed by atoms with E-state index in [0.29, 0.717) is 12.8 Å². The van der Waals surface area contributed by atoms with Crippen LogP contribution in [0.2, 0.25) is 0 Å². The van der Waals surface area contributed by atoms with Gasteiger partial charge in [-0.05, 0) is 25.0 Å². The number of carbonyl (C=O) groups excluding carboxylic acids is 2. The SMILES string of the molecule is CCCCCCCCCCCCCCC(=O)O[C@@H](COP=O)COC(=O)CCCCCCCCCCS. The summed E-state index contributed by atoms with van der Waals surface area (Å²) < 4.78 is 26.2. The van der Waals surface area contributed by atoms with Crippen LogP contribution in [0.1, 0.15) is 148 Å². The predicted octanol–water partition coefficient (Wildman–Crippen LogP) is 9.20. The van der Waals surface area contributed by atoms with Gasteiger partial charge in [0, 0.05) is 12.8 Å². The average Bonchev–Trinajstić information content (AvgIpc) is 2.89. The number of esters is 2. The third-order valence-electron chi connectivity index (χ3n) is 6.56. The van der Waals surface area contributed by atoms with Crippen LogP contribution in [0.25, 0.3) is 0 Å². The molecule has 0 aliphatic heterocycles. The van der Waals surface area contributed by atoms with Crippen LogP contribution in [-0.2, 0) is 28.2 Å². The topological polar surface area (TPSA) is 78.9 Å². The van der Waals surface area contributed by atoms with Crippen molar-refractivity contribution < 1.29 is 28.2 Å². The molecule has 37 heavy (non-hydrogen) atoms. The van der Waals surface area contributed by atoms with Gasteiger partial charge in [-0.3, -0.25) is 14.1 Å². The molecule has 0 aromatic heterocycles. The summed E-state index contributed by atoms with van der Waals surface area (Å²) in [6.45, 7) is 2.12. The maximum absolute atomic E-state index is 12.2. The van der Waals surface area contributed by atoms with Crippen LogP contribution < -0.4 is 0 Å². The van der Waals surface area contributed by atoms with Crippen molar-refractivity contribution in [3.63, 3.8) is 0 Å². The first-order chi connectivity index (χ1) is 18.1. The fourth-order valence-electron chi connectivity index (χ4n) is 4.28. The third kappa shape index (κ3) is 28.2. The summed E-state index contributed by atoms with van der Waals surface area (Å²) in [7, 11) is -0.485. The van der Waals surface area contributed by atoms with Gasteiger partial charge in [0.2, 0.25) is 0 Å². The van der Waals surface area contributed by atoms with Crippen LogP contribution in [0.15, 0.2) is 0 Å². The van der Waals surface area contributed by atoms with Gasteiger partial charge < -0.3 is 9.47 Å². The first-order valence-corrected chi connectivity index (χ1v) is 16.4. The smallest absolute Gasteiger partial charge is 0.327 e. The Kier molecular flexibility index (Phi) is 29.4. The number of rotatable bonds is 29. The maximum Gasteiger partial charge on any atom is 0.327 e. The van der Waals surface area contributed by atoms with Gasteiger partial charge >= 0.3 is 20.6 Å². The highest BCUT2D eigenvalue weighted by molar-refractivity contribution is 7.80. The molecule has 0 amide bonds. The van der Waals surface area contributed by atoms with E-state index in [2.05, 4.69) is 19.6 Å². The minimum Gasteiger partial charge on any atom is -0.462 e. The van der Waals surface area contributed by atoms with Gasteiger partial charge in [0.15, 0.2) is 6.10 Å². The quantitative estimate of drug-likeness (QED) is 0.0424. The Labute approximate surface area is 234 Å². The molecule has 0 fully saturated rings. The van der Waals surface area contributed by atoms with Crippen molar-refractivity contribution in [2.75, 3.05) is 19.0 Å². The lowest BCUT2D eigenvalue weighted by molar-refractivity contribution is -0.160. The van der Waals surface area contributed by atoms with Crippen LogP contribution in [0.5, 0.6) is 0 Å². The van der Waals surface area contributed by atoms with Gasteiger partial charge in [-0.15, -0.1) is 0 Å². The van der Waals surface area contributed by atoms with Gasteiger partial charge in [0.25, 0.3) is 0 Å². The molecular weight excluding hydrogens is 507 g/mol. The first-order valence-electron chi connectivity index (χ1n) is 15.0. The van der Waals surface area contributed by atoms with Gasteiger partial charge in [0.05, 0.1) is 0 Å². The van der Waals surface area contributed by atoms with Crippen LogP contribution in [-0.4, -0.2) is 37.0 Å². The normalized spacial score (nSPS) is 12.1. The summed E-state index contributed by atoms with van der Waals surface area (Å²) >= 11 is 4.22. The molecule has 0 bridgehead atoms. The molecule has 0 unspecified atom stereocenters. The minimum absolute atomic E-state index is 0.0598. The Morgan fingerprint density at radius 1 is 0.622 bits per heavy atom. The van der Waals surface area contributed by atoms with Crippen LogP contribution in [0.4, 0.5) is 0 Å². The molecule has 0 saturated carbocycles. The van der Waals surface area contributed by atoms with E-state index in [1.807, 2.05) is 0 Å². The van der Waals surface area contributed by atoms with E-state index in [1.54, 1.807) is 0 Å². The molecular formula is C29H55O6PS. The zero-order valence-electron chi connectivity index (χ0n) is 23.6. The molecule has 0 spiro atoms. The molecule has 8 heteroatoms. The molecule has 0 aliphatic carbocycles. The van der Waals surface area contributed by atoms with Crippen LogP contribution >= 0.6 is 21.3 Å². The first kappa shape index (κ1) is 36.4. The molecule has 0 aliphatic rings. The number of thiol groups is 1. The largest absolute Gasteiger partial charge is 0.462 e. The number of ether oxygens (including phenoxy) is 2. The molecule has 0 aromatic carbocycles. The molecule has 0 N–H and O–H groups in total. The van der Waals surface area contributed by atoms with Crippen molar-refractivity contribution >= 4 is 33.3 Å². The molecule has 0 rings (SSSR count). The van der Waals surface area contributed by atoms with E-state index in [4.69, 9.17) is 14.0 Å². The highest BCUT2D eigenvalue weighted by Crippen LogP contribution is 2.14. The Bertz CT molecular complexity index is 535. The van der Waals surface area contributed by atoms with Crippen LogP contribution in [0, 0.1) is 0 Å². The highest BCUT2D eigenvalue weighted by atomic mass is 32.1. The van der Waals surface area contributed by atoms with E-state index in [0.717, 1.165) is 44.3 Å². The molecule has 1 atom stereocenters. The lowest BCUT2D eigenvalue weighted by Gasteiger charge is -2.16. The molecule has 0 radical (unpaired) electrons. The number of unbranched alkanes of at least 4 members (excludes halogenated alkanes) is 18. The summed E-state index contributed by atoms with van der Waals surface area (Å²) in [5.41, 5.74) is 0.